The van der Waals surface area contributed by atoms with E-state index in [9.17, 15) is 13.6 Å². The third-order valence-corrected chi connectivity index (χ3v) is 3.23. The van der Waals surface area contributed by atoms with Gasteiger partial charge in [-0.2, -0.15) is 0 Å². The molecule has 0 aromatic heterocycles. The van der Waals surface area contributed by atoms with Crippen molar-refractivity contribution in [3.05, 3.63) is 35.9 Å². The first-order valence-electron chi connectivity index (χ1n) is 6.38. The first kappa shape index (κ1) is 13.9. The Morgan fingerprint density at radius 1 is 1.37 bits per heavy atom. The predicted molar refractivity (Wildman–Crippen MR) is 67.3 cm³/mol. The number of rotatable bonds is 5. The van der Waals surface area contributed by atoms with Gasteiger partial charge in [0, 0.05) is 12.5 Å². The Balaban J connectivity index is 1.73. The lowest BCUT2D eigenvalue weighted by molar-refractivity contribution is 0.0433. The van der Waals surface area contributed by atoms with Crippen LogP contribution in [0.2, 0.25) is 0 Å². The minimum absolute atomic E-state index is 0.159. The van der Waals surface area contributed by atoms with Gasteiger partial charge in [-0.15, -0.1) is 0 Å². The Bertz CT molecular complexity index is 411. The van der Waals surface area contributed by atoms with Gasteiger partial charge in [0.05, 0.1) is 18.7 Å². The van der Waals surface area contributed by atoms with Crippen LogP contribution in [0.15, 0.2) is 30.3 Å². The first-order valence-corrected chi connectivity index (χ1v) is 6.38. The molecular formula is C14H17F2NO2. The molecule has 0 N–H and O–H groups in total. The van der Waals surface area contributed by atoms with Crippen LogP contribution >= 0.6 is 0 Å². The molecule has 1 heterocycles. The molecule has 0 aliphatic carbocycles. The van der Waals surface area contributed by atoms with Gasteiger partial charge < -0.3 is 4.74 Å². The number of alkyl halides is 2. The maximum Gasteiger partial charge on any atom is 0.338 e. The second-order valence-electron chi connectivity index (χ2n) is 4.77. The number of hydrogen-bond acceptors (Lipinski definition) is 3. The fraction of sp³-hybridized carbons (Fsp3) is 0.500. The third-order valence-electron chi connectivity index (χ3n) is 3.23. The molecule has 3 nitrogen and oxygen atoms in total. The summed E-state index contributed by atoms with van der Waals surface area (Å²) in [6.07, 6.45) is -1.50. The topological polar surface area (TPSA) is 29.5 Å². The van der Waals surface area contributed by atoms with Gasteiger partial charge in [-0.25, -0.2) is 13.6 Å². The summed E-state index contributed by atoms with van der Waals surface area (Å²) in [6.45, 7) is 1.33. The Morgan fingerprint density at radius 3 is 2.79 bits per heavy atom. The van der Waals surface area contributed by atoms with Gasteiger partial charge in [-0.1, -0.05) is 18.2 Å². The molecule has 104 valence electrons. The maximum atomic E-state index is 12.2. The number of likely N-dealkylation sites (tertiary alicyclic amines) is 1. The van der Waals surface area contributed by atoms with Gasteiger partial charge in [-0.05, 0) is 25.1 Å². The van der Waals surface area contributed by atoms with Crippen molar-refractivity contribution in [3.63, 3.8) is 0 Å². The lowest BCUT2D eigenvalue weighted by Gasteiger charge is -2.15. The average molecular weight is 269 g/mol. The van der Waals surface area contributed by atoms with Gasteiger partial charge in [0.2, 0.25) is 0 Å². The molecule has 5 heteroatoms. The minimum atomic E-state index is -2.30. The van der Waals surface area contributed by atoms with Gasteiger partial charge in [0.25, 0.3) is 6.43 Å². The van der Waals surface area contributed by atoms with Gasteiger partial charge in [0.15, 0.2) is 0 Å². The van der Waals surface area contributed by atoms with E-state index in [4.69, 9.17) is 4.74 Å². The zero-order chi connectivity index (χ0) is 13.7. The minimum Gasteiger partial charge on any atom is -0.462 e. The summed E-state index contributed by atoms with van der Waals surface area (Å²) in [5.74, 6) is -0.195. The molecule has 0 amide bonds. The number of ether oxygens (including phenoxy) is 1. The highest BCUT2D eigenvalue weighted by molar-refractivity contribution is 5.89. The number of nitrogens with zero attached hydrogens (tertiary/aromatic N) is 1. The summed E-state index contributed by atoms with van der Waals surface area (Å²) in [5.41, 5.74) is 0.518. The van der Waals surface area contributed by atoms with Crippen LogP contribution in [0.25, 0.3) is 0 Å². The van der Waals surface area contributed by atoms with Crippen LogP contribution in [0.1, 0.15) is 16.8 Å². The van der Waals surface area contributed by atoms with Crippen molar-refractivity contribution in [3.8, 4) is 0 Å². The van der Waals surface area contributed by atoms with Crippen LogP contribution in [0.5, 0.6) is 0 Å². The number of carbonyl (C=O) groups excluding carboxylic acids is 1. The zero-order valence-electron chi connectivity index (χ0n) is 10.6. The lowest BCUT2D eigenvalue weighted by Crippen LogP contribution is -2.27. The van der Waals surface area contributed by atoms with Crippen LogP contribution in [0.4, 0.5) is 8.78 Å². The Labute approximate surface area is 111 Å². The van der Waals surface area contributed by atoms with Crippen molar-refractivity contribution in [2.75, 3.05) is 26.2 Å². The van der Waals surface area contributed by atoms with Crippen LogP contribution in [0, 0.1) is 5.92 Å². The zero-order valence-corrected chi connectivity index (χ0v) is 10.6. The molecule has 0 unspecified atom stereocenters. The van der Waals surface area contributed by atoms with E-state index < -0.39 is 6.43 Å². The molecule has 2 rings (SSSR count). The van der Waals surface area contributed by atoms with E-state index in [-0.39, 0.29) is 18.4 Å². The number of esters is 1. The summed E-state index contributed by atoms with van der Waals surface area (Å²) < 4.78 is 29.7. The second kappa shape index (κ2) is 6.61. The fourth-order valence-corrected chi connectivity index (χ4v) is 2.26. The highest BCUT2D eigenvalue weighted by Gasteiger charge is 2.25. The molecule has 1 atom stereocenters. The van der Waals surface area contributed by atoms with E-state index in [1.165, 1.54) is 0 Å². The van der Waals surface area contributed by atoms with Crippen molar-refractivity contribution < 1.29 is 18.3 Å². The van der Waals surface area contributed by atoms with Crippen molar-refractivity contribution in [1.82, 2.24) is 4.90 Å². The van der Waals surface area contributed by atoms with E-state index >= 15 is 0 Å². The molecular weight excluding hydrogens is 252 g/mol. The van der Waals surface area contributed by atoms with E-state index in [1.807, 2.05) is 6.07 Å². The second-order valence-corrected chi connectivity index (χ2v) is 4.77. The maximum absolute atomic E-state index is 12.2. The van der Waals surface area contributed by atoms with Crippen molar-refractivity contribution >= 4 is 5.97 Å². The van der Waals surface area contributed by atoms with Crippen LogP contribution < -0.4 is 0 Å². The standard InChI is InChI=1S/C14H17F2NO2/c15-13(16)9-17-7-6-11(8-17)10-19-14(18)12-4-2-1-3-5-12/h1-5,11,13H,6-10H2/t11-/m0/s1. The molecule has 1 aliphatic heterocycles. The predicted octanol–water partition coefficient (Wildman–Crippen LogP) is 2.43. The van der Waals surface area contributed by atoms with E-state index in [2.05, 4.69) is 0 Å². The molecule has 1 aromatic carbocycles. The summed E-state index contributed by atoms with van der Waals surface area (Å²) >= 11 is 0. The molecule has 19 heavy (non-hydrogen) atoms. The Hall–Kier alpha value is -1.49. The summed E-state index contributed by atoms with van der Waals surface area (Å²) in [4.78, 5) is 13.4. The van der Waals surface area contributed by atoms with E-state index in [0.717, 1.165) is 6.42 Å². The lowest BCUT2D eigenvalue weighted by atomic mass is 10.1. The fourth-order valence-electron chi connectivity index (χ4n) is 2.26. The first-order chi connectivity index (χ1) is 9.15. The Kier molecular flexibility index (Phi) is 4.85. The molecule has 0 saturated carbocycles. The van der Waals surface area contributed by atoms with E-state index in [0.29, 0.717) is 25.3 Å². The summed E-state index contributed by atoms with van der Waals surface area (Å²) in [5, 5.41) is 0. The smallest absolute Gasteiger partial charge is 0.338 e. The van der Waals surface area contributed by atoms with Crippen LogP contribution in [-0.4, -0.2) is 43.5 Å². The number of hydrogen-bond donors (Lipinski definition) is 0. The third kappa shape index (κ3) is 4.28. The van der Waals surface area contributed by atoms with Gasteiger partial charge in [-0.3, -0.25) is 4.90 Å². The highest BCUT2D eigenvalue weighted by Crippen LogP contribution is 2.18. The molecule has 1 aromatic rings. The van der Waals surface area contributed by atoms with E-state index in [1.54, 1.807) is 29.2 Å². The average Bonchev–Trinajstić information content (AvgIpc) is 2.84. The molecule has 0 spiro atoms. The summed E-state index contributed by atoms with van der Waals surface area (Å²) in [6, 6.07) is 8.77. The molecule has 0 bridgehead atoms. The van der Waals surface area contributed by atoms with Crippen molar-refractivity contribution in [2.45, 2.75) is 12.8 Å². The highest BCUT2D eigenvalue weighted by atomic mass is 19.3. The largest absolute Gasteiger partial charge is 0.462 e. The van der Waals surface area contributed by atoms with Crippen molar-refractivity contribution in [2.24, 2.45) is 5.92 Å². The number of benzene rings is 1. The monoisotopic (exact) mass is 269 g/mol. The van der Waals surface area contributed by atoms with Gasteiger partial charge in [0.1, 0.15) is 0 Å². The normalized spacial score (nSPS) is 19.8. The van der Waals surface area contributed by atoms with Crippen LogP contribution in [0.3, 0.4) is 0 Å². The molecule has 0 radical (unpaired) electrons. The quantitative estimate of drug-likeness (QED) is 0.769. The van der Waals surface area contributed by atoms with Crippen molar-refractivity contribution in [1.29, 1.82) is 0 Å². The summed E-state index contributed by atoms with van der Waals surface area (Å²) in [7, 11) is 0. The SMILES string of the molecule is O=C(OC[C@H]1CCN(CC(F)F)C1)c1ccccc1. The molecule has 1 saturated heterocycles. The Morgan fingerprint density at radius 2 is 2.11 bits per heavy atom. The van der Waals surface area contributed by atoms with Gasteiger partial charge >= 0.3 is 5.97 Å². The van der Waals surface area contributed by atoms with Crippen LogP contribution in [-0.2, 0) is 4.74 Å². The number of carbonyl (C=O) groups is 1. The molecule has 1 fully saturated rings. The molecule has 1 aliphatic rings. The number of halogens is 2.